The Morgan fingerprint density at radius 1 is 1.53 bits per heavy atom. The van der Waals surface area contributed by atoms with Crippen molar-refractivity contribution in [2.75, 3.05) is 5.73 Å². The Morgan fingerprint density at radius 3 is 2.93 bits per heavy atom. The van der Waals surface area contributed by atoms with Crippen LogP contribution in [0.5, 0.6) is 0 Å². The molecule has 15 heavy (non-hydrogen) atoms. The molecule has 0 radical (unpaired) electrons. The molecular formula is C8H5BrN6. The molecule has 0 aliphatic heterocycles. The van der Waals surface area contributed by atoms with Crippen molar-refractivity contribution < 1.29 is 0 Å². The molecule has 2 aromatic rings. The van der Waals surface area contributed by atoms with Crippen molar-refractivity contribution in [3.63, 3.8) is 0 Å². The topological polar surface area (TPSA) is 93.4 Å². The molecule has 6 nitrogen and oxygen atoms in total. The number of halogens is 1. The molecule has 0 aliphatic rings. The number of hydrogen-bond donors (Lipinski definition) is 1. The van der Waals surface area contributed by atoms with Gasteiger partial charge in [-0.25, -0.2) is 4.68 Å². The number of hydrogen-bond acceptors (Lipinski definition) is 5. The maximum atomic E-state index is 8.85. The van der Waals surface area contributed by atoms with Crippen LogP contribution in [0.4, 0.5) is 5.82 Å². The van der Waals surface area contributed by atoms with Gasteiger partial charge in [-0.05, 0) is 22.0 Å². The van der Waals surface area contributed by atoms with Gasteiger partial charge in [0.05, 0.1) is 10.7 Å². The Hall–Kier alpha value is -1.94. The second-order valence-corrected chi connectivity index (χ2v) is 3.54. The minimum Gasteiger partial charge on any atom is -0.381 e. The SMILES string of the molecule is N#Cc1ccnnc1-n1cc(Br)c(N)n1. The third-order valence-corrected chi connectivity index (χ3v) is 2.35. The predicted molar refractivity (Wildman–Crippen MR) is 56.0 cm³/mol. The second-order valence-electron chi connectivity index (χ2n) is 2.69. The van der Waals surface area contributed by atoms with Crippen LogP contribution in [-0.4, -0.2) is 20.0 Å². The van der Waals surface area contributed by atoms with Crippen LogP contribution in [0.15, 0.2) is 22.9 Å². The smallest absolute Gasteiger partial charge is 0.193 e. The molecule has 0 saturated heterocycles. The molecule has 0 spiro atoms. The summed E-state index contributed by atoms with van der Waals surface area (Å²) in [6.45, 7) is 0. The summed E-state index contributed by atoms with van der Waals surface area (Å²) in [5.41, 5.74) is 5.95. The summed E-state index contributed by atoms with van der Waals surface area (Å²) in [7, 11) is 0. The number of nitrogens with zero attached hydrogens (tertiary/aromatic N) is 5. The summed E-state index contributed by atoms with van der Waals surface area (Å²) in [5.74, 6) is 0.696. The third-order valence-electron chi connectivity index (χ3n) is 1.73. The van der Waals surface area contributed by atoms with Gasteiger partial charge in [0.25, 0.3) is 0 Å². The zero-order chi connectivity index (χ0) is 10.8. The van der Waals surface area contributed by atoms with Gasteiger partial charge in [0.15, 0.2) is 11.6 Å². The Balaban J connectivity index is 2.59. The van der Waals surface area contributed by atoms with Crippen LogP contribution in [0.2, 0.25) is 0 Å². The molecule has 0 aliphatic carbocycles. The first-order chi connectivity index (χ1) is 7.22. The summed E-state index contributed by atoms with van der Waals surface area (Å²) < 4.78 is 2.06. The van der Waals surface area contributed by atoms with E-state index in [4.69, 9.17) is 11.0 Å². The molecule has 0 atom stereocenters. The molecule has 2 heterocycles. The standard InChI is InChI=1S/C8H5BrN6/c9-6-4-15(14-7(6)11)8-5(3-10)1-2-12-13-8/h1-2,4H,(H2,11,14). The van der Waals surface area contributed by atoms with Crippen LogP contribution in [0.1, 0.15) is 5.56 Å². The summed E-state index contributed by atoms with van der Waals surface area (Å²) in [6.07, 6.45) is 3.07. The lowest BCUT2D eigenvalue weighted by atomic mass is 10.3. The molecule has 2 rings (SSSR count). The summed E-state index contributed by atoms with van der Waals surface area (Å²) in [5, 5.41) is 20.4. The van der Waals surface area contributed by atoms with E-state index in [1.54, 1.807) is 12.3 Å². The first-order valence-corrected chi connectivity index (χ1v) is 4.74. The van der Waals surface area contributed by atoms with E-state index in [1.807, 2.05) is 6.07 Å². The number of nitrogen functional groups attached to an aromatic ring is 1. The average molecular weight is 265 g/mol. The Morgan fingerprint density at radius 2 is 2.33 bits per heavy atom. The number of rotatable bonds is 1. The van der Waals surface area contributed by atoms with Crippen molar-refractivity contribution in [2.24, 2.45) is 0 Å². The minimum absolute atomic E-state index is 0.338. The maximum absolute atomic E-state index is 8.85. The fourth-order valence-corrected chi connectivity index (χ4v) is 1.33. The number of nitriles is 1. The molecule has 0 amide bonds. The van der Waals surface area contributed by atoms with Gasteiger partial charge < -0.3 is 5.73 Å². The van der Waals surface area contributed by atoms with Gasteiger partial charge in [0, 0.05) is 6.20 Å². The summed E-state index contributed by atoms with van der Waals surface area (Å²) in [6, 6.07) is 3.57. The van der Waals surface area contributed by atoms with Crippen LogP contribution in [-0.2, 0) is 0 Å². The minimum atomic E-state index is 0.338. The Labute approximate surface area is 93.5 Å². The molecule has 0 saturated carbocycles. The van der Waals surface area contributed by atoms with E-state index in [9.17, 15) is 0 Å². The fraction of sp³-hybridized carbons (Fsp3) is 0. The molecule has 0 bridgehead atoms. The van der Waals surface area contributed by atoms with Crippen LogP contribution >= 0.6 is 15.9 Å². The van der Waals surface area contributed by atoms with E-state index in [0.717, 1.165) is 0 Å². The molecular weight excluding hydrogens is 260 g/mol. The summed E-state index contributed by atoms with van der Waals surface area (Å²) >= 11 is 3.22. The molecule has 2 N–H and O–H groups in total. The van der Waals surface area contributed by atoms with E-state index in [-0.39, 0.29) is 0 Å². The van der Waals surface area contributed by atoms with Gasteiger partial charge in [-0.1, -0.05) is 0 Å². The number of aromatic nitrogens is 4. The van der Waals surface area contributed by atoms with Crippen molar-refractivity contribution in [3.05, 3.63) is 28.5 Å². The van der Waals surface area contributed by atoms with Gasteiger partial charge in [0.1, 0.15) is 11.6 Å². The molecule has 7 heteroatoms. The highest BCUT2D eigenvalue weighted by Gasteiger charge is 2.09. The normalized spacial score (nSPS) is 9.87. The zero-order valence-electron chi connectivity index (χ0n) is 7.42. The van der Waals surface area contributed by atoms with E-state index in [1.165, 1.54) is 10.9 Å². The highest BCUT2D eigenvalue weighted by molar-refractivity contribution is 9.10. The Bertz CT molecular complexity index is 521. The highest BCUT2D eigenvalue weighted by Crippen LogP contribution is 2.19. The lowest BCUT2D eigenvalue weighted by molar-refractivity contribution is 0.813. The molecule has 0 aromatic carbocycles. The van der Waals surface area contributed by atoms with Gasteiger partial charge in [-0.15, -0.1) is 10.2 Å². The average Bonchev–Trinajstić information content (AvgIpc) is 2.59. The Kier molecular flexibility index (Phi) is 2.35. The monoisotopic (exact) mass is 264 g/mol. The van der Waals surface area contributed by atoms with Gasteiger partial charge in [-0.3, -0.25) is 0 Å². The van der Waals surface area contributed by atoms with Crippen molar-refractivity contribution in [3.8, 4) is 11.9 Å². The largest absolute Gasteiger partial charge is 0.381 e. The van der Waals surface area contributed by atoms with E-state index < -0.39 is 0 Å². The molecule has 74 valence electrons. The number of anilines is 1. The maximum Gasteiger partial charge on any atom is 0.193 e. The molecule has 0 fully saturated rings. The van der Waals surface area contributed by atoms with Crippen molar-refractivity contribution >= 4 is 21.7 Å². The van der Waals surface area contributed by atoms with Crippen molar-refractivity contribution in [2.45, 2.75) is 0 Å². The number of nitrogens with two attached hydrogens (primary N) is 1. The van der Waals surface area contributed by atoms with E-state index in [0.29, 0.717) is 21.7 Å². The quantitative estimate of drug-likeness (QED) is 0.825. The van der Waals surface area contributed by atoms with Gasteiger partial charge in [-0.2, -0.15) is 10.4 Å². The van der Waals surface area contributed by atoms with Crippen molar-refractivity contribution in [1.82, 2.24) is 20.0 Å². The molecule has 2 aromatic heterocycles. The first-order valence-electron chi connectivity index (χ1n) is 3.95. The second kappa shape index (κ2) is 3.67. The fourth-order valence-electron chi connectivity index (χ4n) is 1.06. The molecule has 0 unspecified atom stereocenters. The van der Waals surface area contributed by atoms with E-state index in [2.05, 4.69) is 31.2 Å². The van der Waals surface area contributed by atoms with Crippen molar-refractivity contribution in [1.29, 1.82) is 5.26 Å². The zero-order valence-corrected chi connectivity index (χ0v) is 9.01. The lowest BCUT2D eigenvalue weighted by Gasteiger charge is -1.99. The lowest BCUT2D eigenvalue weighted by Crippen LogP contribution is -2.03. The van der Waals surface area contributed by atoms with Gasteiger partial charge >= 0.3 is 0 Å². The van der Waals surface area contributed by atoms with E-state index >= 15 is 0 Å². The first kappa shape index (κ1) is 9.61. The highest BCUT2D eigenvalue weighted by atomic mass is 79.9. The van der Waals surface area contributed by atoms with Crippen LogP contribution in [0.25, 0.3) is 5.82 Å². The van der Waals surface area contributed by atoms with Crippen LogP contribution < -0.4 is 5.73 Å². The van der Waals surface area contributed by atoms with Gasteiger partial charge in [0.2, 0.25) is 0 Å². The van der Waals surface area contributed by atoms with Crippen LogP contribution in [0.3, 0.4) is 0 Å². The third kappa shape index (κ3) is 1.67. The van der Waals surface area contributed by atoms with Crippen LogP contribution in [0, 0.1) is 11.3 Å². The summed E-state index contributed by atoms with van der Waals surface area (Å²) in [4.78, 5) is 0. The predicted octanol–water partition coefficient (Wildman–Crippen LogP) is 0.879.